The smallest absolute Gasteiger partial charge is 0.490 e. The highest BCUT2D eigenvalue weighted by Crippen LogP contribution is 2.33. The lowest BCUT2D eigenvalue weighted by atomic mass is 10.1. The fourth-order valence-corrected chi connectivity index (χ4v) is 2.60. The number of ether oxygens (including phenoxy) is 1. The molecule has 3 aromatic rings. The van der Waals surface area contributed by atoms with E-state index in [2.05, 4.69) is 15.5 Å². The van der Waals surface area contributed by atoms with E-state index >= 15 is 0 Å². The third-order valence-corrected chi connectivity index (χ3v) is 4.60. The number of nitrogens with zero attached hydrogens (tertiary/aromatic N) is 1. The van der Waals surface area contributed by atoms with Crippen molar-refractivity contribution in [1.82, 2.24) is 10.2 Å². The molecule has 18 heteroatoms. The number of nitrogens with one attached hydrogen (secondary N) is 2. The van der Waals surface area contributed by atoms with Gasteiger partial charge in [-0.25, -0.2) is 14.0 Å². The maximum Gasteiger partial charge on any atom is 0.490 e. The van der Waals surface area contributed by atoms with E-state index in [0.29, 0.717) is 27.5 Å². The van der Waals surface area contributed by atoms with Gasteiger partial charge in [0.1, 0.15) is 17.6 Å². The van der Waals surface area contributed by atoms with Gasteiger partial charge in [0.05, 0.1) is 19.0 Å². The molecule has 0 aliphatic heterocycles. The van der Waals surface area contributed by atoms with Gasteiger partial charge in [-0.2, -0.15) is 31.4 Å². The normalized spacial score (nSPS) is 11.7. The Morgan fingerprint density at radius 1 is 1.02 bits per heavy atom. The molecule has 0 saturated heterocycles. The van der Waals surface area contributed by atoms with Crippen LogP contribution in [0.5, 0.6) is 5.75 Å². The molecule has 1 amide bonds. The lowest BCUT2D eigenvalue weighted by Crippen LogP contribution is -2.27. The molecule has 6 N–H and O–H groups in total. The first kappa shape index (κ1) is 33.6. The SMILES string of the molecule is COc1cc(-c2cn[nH]c2)c(F)cc1NC(=O)C(N)c1ccc(Cl)cc1.O=C(O)C(F)(F)F.O=C(O)C(F)(F)F. The van der Waals surface area contributed by atoms with Gasteiger partial charge in [0.2, 0.25) is 5.91 Å². The van der Waals surface area contributed by atoms with E-state index in [4.69, 9.17) is 41.9 Å². The molecule has 2 aromatic carbocycles. The van der Waals surface area contributed by atoms with Gasteiger partial charge in [0.25, 0.3) is 0 Å². The molecule has 0 fully saturated rings. The number of carboxylic acids is 2. The summed E-state index contributed by atoms with van der Waals surface area (Å²) < 4.78 is 83.2. The van der Waals surface area contributed by atoms with Crippen molar-refractivity contribution in [2.45, 2.75) is 18.4 Å². The standard InChI is InChI=1S/C18H16ClFN4O2.2C2HF3O2/c1-26-16-6-13(11-8-22-23-9-11)14(20)7-15(16)24-18(25)17(21)10-2-4-12(19)5-3-10;2*3-2(4,5)1(6)7/h2-9,17H,21H2,1H3,(H,22,23)(H,24,25);2*(H,6,7). The lowest BCUT2D eigenvalue weighted by Gasteiger charge is -2.16. The summed E-state index contributed by atoms with van der Waals surface area (Å²) in [4.78, 5) is 30.2. The Labute approximate surface area is 224 Å². The van der Waals surface area contributed by atoms with E-state index in [1.165, 1.54) is 25.4 Å². The molecule has 10 nitrogen and oxygen atoms in total. The maximum atomic E-state index is 14.5. The van der Waals surface area contributed by atoms with Crippen molar-refractivity contribution in [1.29, 1.82) is 0 Å². The second-order valence-corrected chi connectivity index (χ2v) is 7.58. The Hall–Kier alpha value is -4.38. The van der Waals surface area contributed by atoms with E-state index < -0.39 is 42.1 Å². The zero-order chi connectivity index (χ0) is 30.8. The van der Waals surface area contributed by atoms with Crippen molar-refractivity contribution in [2.24, 2.45) is 5.73 Å². The summed E-state index contributed by atoms with van der Waals surface area (Å²) in [5.74, 6) is -6.23. The molecule has 0 aliphatic carbocycles. The highest BCUT2D eigenvalue weighted by atomic mass is 35.5. The van der Waals surface area contributed by atoms with Crippen LogP contribution in [0.4, 0.5) is 36.4 Å². The molecule has 3 rings (SSSR count). The van der Waals surface area contributed by atoms with E-state index in [0.717, 1.165) is 0 Å². The molecular weight excluding hydrogens is 585 g/mol. The Kier molecular flexibility index (Phi) is 11.9. The number of amides is 1. The van der Waals surface area contributed by atoms with Gasteiger partial charge in [-0.05, 0) is 23.8 Å². The number of hydrogen-bond acceptors (Lipinski definition) is 6. The third-order valence-electron chi connectivity index (χ3n) is 4.35. The molecule has 1 unspecified atom stereocenters. The van der Waals surface area contributed by atoms with Gasteiger partial charge in [0, 0.05) is 28.4 Å². The number of rotatable bonds is 5. The highest BCUT2D eigenvalue weighted by molar-refractivity contribution is 6.30. The Morgan fingerprint density at radius 2 is 1.52 bits per heavy atom. The number of aromatic nitrogens is 2. The van der Waals surface area contributed by atoms with Gasteiger partial charge >= 0.3 is 24.3 Å². The average Bonchev–Trinajstić information content (AvgIpc) is 3.38. The number of H-pyrrole nitrogens is 1. The van der Waals surface area contributed by atoms with E-state index in [9.17, 15) is 35.5 Å². The van der Waals surface area contributed by atoms with Crippen molar-refractivity contribution in [3.8, 4) is 16.9 Å². The number of methoxy groups -OCH3 is 1. The zero-order valence-corrected chi connectivity index (χ0v) is 20.5. The first-order chi connectivity index (χ1) is 18.4. The fraction of sp³-hybridized carbons (Fsp3) is 0.182. The molecule has 0 saturated carbocycles. The molecule has 1 atom stereocenters. The average molecular weight is 603 g/mol. The predicted octanol–water partition coefficient (Wildman–Crippen LogP) is 4.78. The van der Waals surface area contributed by atoms with Crippen molar-refractivity contribution in [3.05, 3.63) is 65.2 Å². The minimum Gasteiger partial charge on any atom is -0.495 e. The van der Waals surface area contributed by atoms with Crippen LogP contribution in [0.3, 0.4) is 0 Å². The van der Waals surface area contributed by atoms with Gasteiger partial charge in [-0.1, -0.05) is 23.7 Å². The van der Waals surface area contributed by atoms with Crippen molar-refractivity contribution in [2.75, 3.05) is 12.4 Å². The van der Waals surface area contributed by atoms with E-state index in [1.807, 2.05) is 0 Å². The number of anilines is 1. The second kappa shape index (κ2) is 14.1. The molecule has 0 radical (unpaired) electrons. The number of alkyl halides is 6. The van der Waals surface area contributed by atoms with Crippen LogP contribution in [0.25, 0.3) is 11.1 Å². The maximum absolute atomic E-state index is 14.5. The summed E-state index contributed by atoms with van der Waals surface area (Å²) in [7, 11) is 1.43. The van der Waals surface area contributed by atoms with Crippen LogP contribution in [0.1, 0.15) is 11.6 Å². The van der Waals surface area contributed by atoms with Crippen LogP contribution in [-0.2, 0) is 14.4 Å². The first-order valence-corrected chi connectivity index (χ1v) is 10.5. The molecule has 40 heavy (non-hydrogen) atoms. The number of halogens is 8. The summed E-state index contributed by atoms with van der Waals surface area (Å²) in [6, 6.07) is 8.35. The van der Waals surface area contributed by atoms with Crippen LogP contribution >= 0.6 is 11.6 Å². The van der Waals surface area contributed by atoms with Gasteiger partial charge in [0.15, 0.2) is 0 Å². The predicted molar refractivity (Wildman–Crippen MR) is 125 cm³/mol. The number of carboxylic acid groups (broad SMARTS) is 2. The lowest BCUT2D eigenvalue weighted by molar-refractivity contribution is -0.193. The van der Waals surface area contributed by atoms with Gasteiger partial charge in [-0.15, -0.1) is 0 Å². The molecule has 0 aliphatic rings. The van der Waals surface area contributed by atoms with E-state index in [-0.39, 0.29) is 5.69 Å². The number of carbonyl (C=O) groups excluding carboxylic acids is 1. The highest BCUT2D eigenvalue weighted by Gasteiger charge is 2.38. The molecule has 0 bridgehead atoms. The van der Waals surface area contributed by atoms with Crippen LogP contribution in [0, 0.1) is 5.82 Å². The molecule has 1 heterocycles. The molecular formula is C22H18ClF7N4O6. The molecule has 1 aromatic heterocycles. The Bertz CT molecular complexity index is 1280. The van der Waals surface area contributed by atoms with Crippen LogP contribution in [-0.4, -0.2) is 57.7 Å². The topological polar surface area (TPSA) is 168 Å². The monoisotopic (exact) mass is 602 g/mol. The quantitative estimate of drug-likeness (QED) is 0.260. The number of nitrogens with two attached hydrogens (primary N) is 1. The summed E-state index contributed by atoms with van der Waals surface area (Å²) in [6.45, 7) is 0. The van der Waals surface area contributed by atoms with Crippen molar-refractivity contribution in [3.63, 3.8) is 0 Å². The number of carbonyl (C=O) groups is 3. The van der Waals surface area contributed by atoms with Crippen molar-refractivity contribution >= 4 is 35.1 Å². The third kappa shape index (κ3) is 10.4. The number of benzene rings is 2. The minimum atomic E-state index is -5.08. The van der Waals surface area contributed by atoms with Gasteiger partial charge < -0.3 is 26.0 Å². The number of aromatic amines is 1. The zero-order valence-electron chi connectivity index (χ0n) is 19.8. The van der Waals surface area contributed by atoms with Crippen LogP contribution < -0.4 is 15.8 Å². The molecule has 218 valence electrons. The van der Waals surface area contributed by atoms with Crippen LogP contribution in [0.2, 0.25) is 5.02 Å². The van der Waals surface area contributed by atoms with Gasteiger partial charge in [-0.3, -0.25) is 9.89 Å². The summed E-state index contributed by atoms with van der Waals surface area (Å²) >= 11 is 5.83. The number of aliphatic carboxylic acids is 2. The first-order valence-electron chi connectivity index (χ1n) is 10.2. The fourth-order valence-electron chi connectivity index (χ4n) is 2.47. The second-order valence-electron chi connectivity index (χ2n) is 7.14. The summed E-state index contributed by atoms with van der Waals surface area (Å²) in [5, 5.41) is 23.8. The molecule has 0 spiro atoms. The summed E-state index contributed by atoms with van der Waals surface area (Å²) in [6.07, 6.45) is -7.11. The Morgan fingerprint density at radius 3 is 1.93 bits per heavy atom. The minimum absolute atomic E-state index is 0.187. The van der Waals surface area contributed by atoms with Crippen molar-refractivity contribution < 1.29 is 60.1 Å². The van der Waals surface area contributed by atoms with Crippen LogP contribution in [0.15, 0.2) is 48.8 Å². The number of hydrogen-bond donors (Lipinski definition) is 5. The summed E-state index contributed by atoms with van der Waals surface area (Å²) in [5.41, 5.74) is 7.61. The largest absolute Gasteiger partial charge is 0.495 e. The Balaban J connectivity index is 0.000000473. The van der Waals surface area contributed by atoms with E-state index in [1.54, 1.807) is 30.5 Å².